The minimum atomic E-state index is -0.720. The molecule has 1 heterocycles. The molecule has 172 valence electrons. The smallest absolute Gasteiger partial charge is 0.348 e. The van der Waals surface area contributed by atoms with Crippen LogP contribution in [0.15, 0.2) is 47.9 Å². The van der Waals surface area contributed by atoms with Crippen molar-refractivity contribution in [3.8, 4) is 12.1 Å². The molecule has 0 aromatic heterocycles. The van der Waals surface area contributed by atoms with E-state index in [1.807, 2.05) is 9.80 Å². The molecule has 1 aliphatic rings. The van der Waals surface area contributed by atoms with Crippen LogP contribution in [0.2, 0.25) is 0 Å². The quantitative estimate of drug-likeness (QED) is 0.142. The summed E-state index contributed by atoms with van der Waals surface area (Å²) in [5.41, 5.74) is -0.230. The van der Waals surface area contributed by atoms with E-state index in [0.717, 1.165) is 0 Å². The summed E-state index contributed by atoms with van der Waals surface area (Å²) < 4.78 is 9.76. The van der Waals surface area contributed by atoms with Gasteiger partial charge in [-0.1, -0.05) is 0 Å². The van der Waals surface area contributed by atoms with Crippen LogP contribution < -0.4 is 0 Å². The van der Waals surface area contributed by atoms with E-state index in [4.69, 9.17) is 30.2 Å². The van der Waals surface area contributed by atoms with Gasteiger partial charge in [0.1, 0.15) is 23.3 Å². The fourth-order valence-electron chi connectivity index (χ4n) is 2.47. The average Bonchev–Trinajstić information content (AvgIpc) is 2.80. The molecule has 32 heavy (non-hydrogen) atoms. The second-order valence-corrected chi connectivity index (χ2v) is 6.57. The zero-order valence-corrected chi connectivity index (χ0v) is 17.9. The maximum atomic E-state index is 11.7. The van der Waals surface area contributed by atoms with E-state index < -0.39 is 11.9 Å². The summed E-state index contributed by atoms with van der Waals surface area (Å²) >= 11 is 0. The van der Waals surface area contributed by atoms with Gasteiger partial charge in [0.2, 0.25) is 0 Å². The monoisotopic (exact) mass is 444 g/mol. The number of nitriles is 2. The number of carbonyl (C=O) groups is 2. The van der Waals surface area contributed by atoms with Crippen molar-refractivity contribution in [2.24, 2.45) is 0 Å². The molecule has 10 heteroatoms. The molecule has 1 rings (SSSR count). The largest absolute Gasteiger partial charge is 0.461 e. The Bertz CT molecular complexity index is 743. The van der Waals surface area contributed by atoms with E-state index in [-0.39, 0.29) is 37.6 Å². The second kappa shape index (κ2) is 16.1. The van der Waals surface area contributed by atoms with E-state index in [2.05, 4.69) is 0 Å². The molecular weight excluding hydrogens is 416 g/mol. The van der Waals surface area contributed by atoms with Crippen LogP contribution in [-0.4, -0.2) is 84.6 Å². The van der Waals surface area contributed by atoms with Gasteiger partial charge in [0.15, 0.2) is 0 Å². The summed E-state index contributed by atoms with van der Waals surface area (Å²) in [6.45, 7) is 2.75. The first-order valence-electron chi connectivity index (χ1n) is 10.2. The van der Waals surface area contributed by atoms with E-state index >= 15 is 0 Å². The van der Waals surface area contributed by atoms with Crippen LogP contribution in [0.4, 0.5) is 0 Å². The van der Waals surface area contributed by atoms with Gasteiger partial charge in [-0.2, -0.15) is 10.5 Å². The lowest BCUT2D eigenvalue weighted by Gasteiger charge is -2.33. The number of piperazine rings is 1. The highest BCUT2D eigenvalue weighted by molar-refractivity contribution is 5.93. The molecule has 0 radical (unpaired) electrons. The molecule has 0 spiro atoms. The molecule has 0 amide bonds. The van der Waals surface area contributed by atoms with Crippen molar-refractivity contribution in [2.45, 2.75) is 12.8 Å². The number of nitrogens with zero attached hydrogens (tertiary/aromatic N) is 4. The molecule has 1 aliphatic heterocycles. The van der Waals surface area contributed by atoms with Crippen LogP contribution in [0.25, 0.3) is 0 Å². The summed E-state index contributed by atoms with van der Waals surface area (Å²) in [5, 5.41) is 35.5. The van der Waals surface area contributed by atoms with Crippen molar-refractivity contribution in [1.29, 1.82) is 10.5 Å². The number of rotatable bonds is 12. The molecule has 0 bridgehead atoms. The van der Waals surface area contributed by atoms with Gasteiger partial charge in [-0.15, -0.1) is 0 Å². The number of hydrogen-bond donors (Lipinski definition) is 2. The maximum absolute atomic E-state index is 11.7. The highest BCUT2D eigenvalue weighted by Gasteiger charge is 2.12. The number of ether oxygens (including phenoxy) is 2. The second-order valence-electron chi connectivity index (χ2n) is 6.57. The van der Waals surface area contributed by atoms with E-state index in [0.29, 0.717) is 39.0 Å². The van der Waals surface area contributed by atoms with Gasteiger partial charge in [-0.25, -0.2) is 9.59 Å². The highest BCUT2D eigenvalue weighted by atomic mass is 16.5. The molecule has 1 saturated heterocycles. The fourth-order valence-corrected chi connectivity index (χ4v) is 2.47. The summed E-state index contributed by atoms with van der Waals surface area (Å²) in [6, 6.07) is 3.59. The van der Waals surface area contributed by atoms with Crippen LogP contribution in [0, 0.1) is 22.7 Å². The average molecular weight is 444 g/mol. The molecule has 0 aromatic carbocycles. The lowest BCUT2D eigenvalue weighted by atomic mass is 10.2. The Balaban J connectivity index is 2.48. The van der Waals surface area contributed by atoms with Crippen LogP contribution in [0.1, 0.15) is 12.8 Å². The molecular formula is C22H28N4O6. The minimum absolute atomic E-state index is 0.0590. The SMILES string of the molecule is N#CC(=CC=CN1CCN(C=CC=C(C#N)C(=O)OCCCO)CC1)C(=O)OCCCO. The molecule has 0 aromatic rings. The summed E-state index contributed by atoms with van der Waals surface area (Å²) in [5.74, 6) is -1.44. The third-order valence-corrected chi connectivity index (χ3v) is 4.22. The van der Waals surface area contributed by atoms with Gasteiger partial charge >= 0.3 is 11.9 Å². The van der Waals surface area contributed by atoms with E-state index in [1.165, 1.54) is 12.2 Å². The number of allylic oxidation sites excluding steroid dienone is 4. The summed E-state index contributed by atoms with van der Waals surface area (Å²) in [4.78, 5) is 27.5. The van der Waals surface area contributed by atoms with E-state index in [9.17, 15) is 9.59 Å². The van der Waals surface area contributed by atoms with Crippen molar-refractivity contribution >= 4 is 11.9 Å². The van der Waals surface area contributed by atoms with Crippen molar-refractivity contribution < 1.29 is 29.3 Å². The Morgan fingerprint density at radius 3 is 1.47 bits per heavy atom. The molecule has 10 nitrogen and oxygen atoms in total. The predicted molar refractivity (Wildman–Crippen MR) is 114 cm³/mol. The molecule has 0 unspecified atom stereocenters. The zero-order chi connectivity index (χ0) is 23.6. The summed E-state index contributed by atoms with van der Waals surface area (Å²) in [6.07, 6.45) is 10.2. The number of aliphatic hydroxyl groups is 2. The first kappa shape index (κ1) is 26.4. The Morgan fingerprint density at radius 2 is 1.16 bits per heavy atom. The Labute approximate surface area is 187 Å². The third kappa shape index (κ3) is 10.4. The normalized spacial score (nSPS) is 15.0. The topological polar surface area (TPSA) is 147 Å². The number of aliphatic hydroxyl groups excluding tert-OH is 2. The van der Waals surface area contributed by atoms with E-state index in [1.54, 1.807) is 36.7 Å². The molecule has 2 N–H and O–H groups in total. The van der Waals surface area contributed by atoms with Crippen molar-refractivity contribution in [1.82, 2.24) is 9.80 Å². The van der Waals surface area contributed by atoms with Gasteiger partial charge < -0.3 is 29.5 Å². The lowest BCUT2D eigenvalue weighted by molar-refractivity contribution is -0.139. The maximum Gasteiger partial charge on any atom is 0.348 e. The van der Waals surface area contributed by atoms with Crippen molar-refractivity contribution in [3.05, 3.63) is 47.9 Å². The van der Waals surface area contributed by atoms with Gasteiger partial charge in [0, 0.05) is 52.2 Å². The van der Waals surface area contributed by atoms with Crippen LogP contribution in [-0.2, 0) is 19.1 Å². The number of carbonyl (C=O) groups excluding carboxylic acids is 2. The fraction of sp³-hybridized carbons (Fsp3) is 0.455. The van der Waals surface area contributed by atoms with Gasteiger partial charge in [0.25, 0.3) is 0 Å². The standard InChI is InChI=1S/C22H28N4O6/c23-17-19(21(29)31-15-3-13-27)5-1-7-25-9-11-26(12-10-25)8-2-6-20(18-24)22(30)32-16-4-14-28/h1-2,5-8,27-28H,3-4,9-16H2. The Hall–Kier alpha value is -3.60. The molecule has 0 saturated carbocycles. The molecule has 0 atom stereocenters. The third-order valence-electron chi connectivity index (χ3n) is 4.22. The first-order valence-corrected chi connectivity index (χ1v) is 10.2. The van der Waals surface area contributed by atoms with Crippen LogP contribution >= 0.6 is 0 Å². The molecule has 0 aliphatic carbocycles. The molecule has 1 fully saturated rings. The Kier molecular flexibility index (Phi) is 13.3. The summed E-state index contributed by atoms with van der Waals surface area (Å²) in [7, 11) is 0. The number of esters is 2. The lowest BCUT2D eigenvalue weighted by Crippen LogP contribution is -2.41. The first-order chi connectivity index (χ1) is 15.5. The van der Waals surface area contributed by atoms with Crippen LogP contribution in [0.3, 0.4) is 0 Å². The van der Waals surface area contributed by atoms with Gasteiger partial charge in [-0.05, 0) is 36.7 Å². The highest BCUT2D eigenvalue weighted by Crippen LogP contribution is 2.05. The van der Waals surface area contributed by atoms with Gasteiger partial charge in [0.05, 0.1) is 13.2 Å². The van der Waals surface area contributed by atoms with Crippen LogP contribution in [0.5, 0.6) is 0 Å². The minimum Gasteiger partial charge on any atom is -0.461 e. The Morgan fingerprint density at radius 1 is 0.781 bits per heavy atom. The van der Waals surface area contributed by atoms with Gasteiger partial charge in [-0.3, -0.25) is 0 Å². The number of hydrogen-bond acceptors (Lipinski definition) is 10. The van der Waals surface area contributed by atoms with Crippen molar-refractivity contribution in [2.75, 3.05) is 52.6 Å². The predicted octanol–water partition coefficient (Wildman–Crippen LogP) is 0.383. The zero-order valence-electron chi connectivity index (χ0n) is 17.9. The van der Waals surface area contributed by atoms with Crippen molar-refractivity contribution in [3.63, 3.8) is 0 Å².